The van der Waals surface area contributed by atoms with Crippen LogP contribution in [0.5, 0.6) is 5.75 Å². The van der Waals surface area contributed by atoms with Gasteiger partial charge in [0.1, 0.15) is 0 Å². The molecule has 0 aliphatic rings. The van der Waals surface area contributed by atoms with Crippen LogP contribution in [0.3, 0.4) is 0 Å². The Hall–Kier alpha value is 0.130. The van der Waals surface area contributed by atoms with Crippen LogP contribution in [-0.4, -0.2) is 14.7 Å². The molecule has 0 saturated carbocycles. The predicted molar refractivity (Wildman–Crippen MR) is 63.6 cm³/mol. The van der Waals surface area contributed by atoms with Crippen molar-refractivity contribution in [2.75, 3.05) is 0 Å². The second-order valence-corrected chi connectivity index (χ2v) is 5.77. The first-order valence-electron chi connectivity index (χ1n) is 4.97. The summed E-state index contributed by atoms with van der Waals surface area (Å²) in [6.07, 6.45) is 0. The van der Waals surface area contributed by atoms with Crippen molar-refractivity contribution < 1.29 is 53.9 Å². The van der Waals surface area contributed by atoms with Gasteiger partial charge in [-0.3, -0.25) is 0 Å². The maximum Gasteiger partial charge on any atom is 1.00 e. The normalized spacial score (nSPS) is 11.1. The molecule has 0 amide bonds. The fourth-order valence-corrected chi connectivity index (χ4v) is 1.12. The van der Waals surface area contributed by atoms with Crippen molar-refractivity contribution in [3.05, 3.63) is 29.3 Å². The van der Waals surface area contributed by atoms with E-state index in [-0.39, 0.29) is 40.7 Å². The van der Waals surface area contributed by atoms with Crippen molar-refractivity contribution >= 4 is 7.82 Å². The Bertz CT molecular complexity index is 414. The number of hydrogen-bond donors (Lipinski definition) is 3. The standard InChI is InChI=1S/C11H16O.Na.H3O4P/c1-8-7-9(11(2,3)4)5-6-10(8)12;;1-5(2,3)4/h5-7,12H,1-4H3;;(H3,1,2,3,4)/q;+1;/p-1. The zero-order valence-electron chi connectivity index (χ0n) is 11.3. The summed E-state index contributed by atoms with van der Waals surface area (Å²) in [4.78, 5) is 21.6. The summed E-state index contributed by atoms with van der Waals surface area (Å²) in [7, 11) is -4.64. The molecule has 0 saturated heterocycles. The van der Waals surface area contributed by atoms with E-state index < -0.39 is 7.82 Å². The van der Waals surface area contributed by atoms with Crippen LogP contribution in [0.25, 0.3) is 0 Å². The Morgan fingerprint density at radius 3 is 1.83 bits per heavy atom. The van der Waals surface area contributed by atoms with E-state index in [0.717, 1.165) is 5.56 Å². The summed E-state index contributed by atoms with van der Waals surface area (Å²) in [5.74, 6) is 0.128. The van der Waals surface area contributed by atoms with Gasteiger partial charge in [0.25, 0.3) is 0 Å². The van der Waals surface area contributed by atoms with E-state index in [2.05, 4.69) is 20.8 Å². The molecule has 1 aromatic rings. The molecule has 18 heavy (non-hydrogen) atoms. The van der Waals surface area contributed by atoms with Crippen molar-refractivity contribution in [2.24, 2.45) is 0 Å². The van der Waals surface area contributed by atoms with Gasteiger partial charge >= 0.3 is 37.4 Å². The van der Waals surface area contributed by atoms with Crippen molar-refractivity contribution in [3.8, 4) is 5.75 Å². The summed E-state index contributed by atoms with van der Waals surface area (Å²) >= 11 is 0. The second kappa shape index (κ2) is 7.65. The van der Waals surface area contributed by atoms with Gasteiger partial charge in [-0.25, -0.2) is 4.57 Å². The van der Waals surface area contributed by atoms with Gasteiger partial charge in [-0.2, -0.15) is 0 Å². The number of hydrogen-bond acceptors (Lipinski definition) is 2. The first-order valence-corrected chi connectivity index (χ1v) is 6.54. The number of benzene rings is 1. The van der Waals surface area contributed by atoms with Gasteiger partial charge in [0, 0.05) is 0 Å². The Balaban J connectivity index is 0. The zero-order valence-corrected chi connectivity index (χ0v) is 14.2. The Kier molecular flexibility index (Phi) is 8.70. The molecule has 98 valence electrons. The van der Waals surface area contributed by atoms with E-state index in [0.29, 0.717) is 0 Å². The molecule has 0 atom stereocenters. The van der Waals surface area contributed by atoms with Crippen LogP contribution in [0.1, 0.15) is 31.9 Å². The molecule has 1 aromatic carbocycles. The maximum absolute atomic E-state index is 11.1. The van der Waals surface area contributed by atoms with Gasteiger partial charge in [0.2, 0.25) is 0 Å². The van der Waals surface area contributed by atoms with Crippen molar-refractivity contribution in [2.45, 2.75) is 33.1 Å². The average molecular weight is 284 g/mol. The molecule has 0 radical (unpaired) electrons. The van der Waals surface area contributed by atoms with E-state index in [1.165, 1.54) is 5.56 Å². The molecular formula is C11H18NaO5P. The maximum atomic E-state index is 11.1. The Labute approximate surface area is 129 Å². The first kappa shape index (κ1) is 20.4. The van der Waals surface area contributed by atoms with Crippen LogP contribution in [0.2, 0.25) is 0 Å². The minimum atomic E-state index is -4.64. The van der Waals surface area contributed by atoms with Gasteiger partial charge in [0.15, 0.2) is 0 Å². The minimum Gasteiger partial charge on any atom is -0.872 e. The van der Waals surface area contributed by atoms with Crippen molar-refractivity contribution in [3.63, 3.8) is 0 Å². The molecule has 0 heterocycles. The quantitative estimate of drug-likeness (QED) is 0.395. The molecule has 0 aromatic heterocycles. The van der Waals surface area contributed by atoms with Gasteiger partial charge < -0.3 is 19.8 Å². The molecular weight excluding hydrogens is 266 g/mol. The third kappa shape index (κ3) is 10.1. The number of rotatable bonds is 0. The van der Waals surface area contributed by atoms with Gasteiger partial charge in [0.05, 0.1) is 0 Å². The molecule has 0 spiro atoms. The summed E-state index contributed by atoms with van der Waals surface area (Å²) in [6.45, 7) is 8.29. The van der Waals surface area contributed by atoms with Crippen LogP contribution in [0.4, 0.5) is 0 Å². The molecule has 7 heteroatoms. The third-order valence-corrected chi connectivity index (χ3v) is 2.04. The largest absolute Gasteiger partial charge is 1.00 e. The van der Waals surface area contributed by atoms with Crippen LogP contribution >= 0.6 is 7.82 Å². The van der Waals surface area contributed by atoms with E-state index in [1.807, 2.05) is 19.1 Å². The minimum absolute atomic E-state index is 0. The Morgan fingerprint density at radius 2 is 1.56 bits per heavy atom. The third-order valence-electron chi connectivity index (χ3n) is 2.04. The summed E-state index contributed by atoms with van der Waals surface area (Å²) in [5.41, 5.74) is 2.19. The SMILES string of the molecule is Cc1cc(C(C)(C)C)ccc1[O-].O=P(O)(O)O.[Na+]. The molecule has 5 nitrogen and oxygen atoms in total. The molecule has 0 bridgehead atoms. The van der Waals surface area contributed by atoms with E-state index in [9.17, 15) is 5.11 Å². The van der Waals surface area contributed by atoms with E-state index in [1.54, 1.807) is 6.07 Å². The number of phosphoric acid groups is 1. The smallest absolute Gasteiger partial charge is 0.872 e. The van der Waals surface area contributed by atoms with E-state index >= 15 is 0 Å². The molecule has 0 fully saturated rings. The van der Waals surface area contributed by atoms with Crippen molar-refractivity contribution in [1.82, 2.24) is 0 Å². The molecule has 1 rings (SSSR count). The first-order chi connectivity index (χ1) is 7.41. The molecule has 3 N–H and O–H groups in total. The van der Waals surface area contributed by atoms with Gasteiger partial charge in [-0.1, -0.05) is 44.5 Å². The fraction of sp³-hybridized carbons (Fsp3) is 0.455. The van der Waals surface area contributed by atoms with Crippen LogP contribution < -0.4 is 34.7 Å². The molecule has 0 aliphatic heterocycles. The number of aryl methyl sites for hydroxylation is 1. The zero-order chi connectivity index (χ0) is 13.9. The molecule has 0 aliphatic carbocycles. The van der Waals surface area contributed by atoms with E-state index in [4.69, 9.17) is 19.2 Å². The molecule has 0 unspecified atom stereocenters. The van der Waals surface area contributed by atoms with Crippen LogP contribution in [0.15, 0.2) is 18.2 Å². The Morgan fingerprint density at radius 1 is 1.17 bits per heavy atom. The predicted octanol–water partition coefficient (Wildman–Crippen LogP) is -1.56. The van der Waals surface area contributed by atoms with Gasteiger partial charge in [-0.05, 0) is 17.9 Å². The topological polar surface area (TPSA) is 101 Å². The summed E-state index contributed by atoms with van der Waals surface area (Å²) in [6, 6.07) is 5.54. The van der Waals surface area contributed by atoms with Gasteiger partial charge in [-0.15, -0.1) is 5.75 Å². The fourth-order valence-electron chi connectivity index (χ4n) is 1.12. The van der Waals surface area contributed by atoms with Crippen LogP contribution in [0, 0.1) is 6.92 Å². The average Bonchev–Trinajstić information content (AvgIpc) is 2.04. The summed E-state index contributed by atoms with van der Waals surface area (Å²) < 4.78 is 8.88. The van der Waals surface area contributed by atoms with Crippen molar-refractivity contribution in [1.29, 1.82) is 0 Å². The second-order valence-electron chi connectivity index (χ2n) is 4.74. The monoisotopic (exact) mass is 284 g/mol. The van der Waals surface area contributed by atoms with Crippen LogP contribution in [-0.2, 0) is 9.98 Å². The summed E-state index contributed by atoms with van der Waals surface area (Å²) in [5, 5.41) is 11.1.